The van der Waals surface area contributed by atoms with Gasteiger partial charge in [0.05, 0.1) is 10.6 Å². The smallest absolute Gasteiger partial charge is 0.190 e. The lowest BCUT2D eigenvalue weighted by Crippen LogP contribution is -2.38. The molecular weight excluding hydrogens is 457 g/mol. The first kappa shape index (κ1) is 23.5. The minimum absolute atomic E-state index is 0. The van der Waals surface area contributed by atoms with Crippen molar-refractivity contribution in [3.63, 3.8) is 0 Å². The van der Waals surface area contributed by atoms with Crippen LogP contribution in [-0.2, 0) is 9.84 Å². The number of hydrogen-bond donors (Lipinski definition) is 2. The Kier molecular flexibility index (Phi) is 13.5. The first-order valence-corrected chi connectivity index (χ1v) is 10.9. The maximum Gasteiger partial charge on any atom is 0.190 e. The van der Waals surface area contributed by atoms with Crippen molar-refractivity contribution in [1.82, 2.24) is 10.6 Å². The van der Waals surface area contributed by atoms with E-state index in [1.807, 2.05) is 17.8 Å². The fraction of sp³-hybridized carbons (Fsp3) is 0.562. The molecule has 0 amide bonds. The van der Waals surface area contributed by atoms with Gasteiger partial charge in [-0.25, -0.2) is 8.42 Å². The molecule has 0 spiro atoms. The third-order valence-corrected chi connectivity index (χ3v) is 5.79. The minimum Gasteiger partial charge on any atom is -0.356 e. The van der Waals surface area contributed by atoms with Crippen molar-refractivity contribution in [3.8, 4) is 0 Å². The molecule has 0 heterocycles. The van der Waals surface area contributed by atoms with Crippen LogP contribution in [-0.4, -0.2) is 52.3 Å². The Hall–Kier alpha value is -0.480. The Morgan fingerprint density at radius 2 is 1.71 bits per heavy atom. The second-order valence-electron chi connectivity index (χ2n) is 5.11. The maximum absolute atomic E-state index is 12.1. The fourth-order valence-corrected chi connectivity index (χ4v) is 3.84. The molecule has 0 aliphatic heterocycles. The molecule has 0 bridgehead atoms. The number of thioether (sulfide) groups is 1. The van der Waals surface area contributed by atoms with Gasteiger partial charge in [-0.2, -0.15) is 11.8 Å². The van der Waals surface area contributed by atoms with Crippen molar-refractivity contribution in [2.75, 3.05) is 37.9 Å². The van der Waals surface area contributed by atoms with Crippen LogP contribution in [0, 0.1) is 0 Å². The van der Waals surface area contributed by atoms with Crippen LogP contribution in [0.3, 0.4) is 0 Å². The molecule has 0 radical (unpaired) electrons. The second-order valence-corrected chi connectivity index (χ2v) is 8.21. The van der Waals surface area contributed by atoms with Gasteiger partial charge in [-0.15, -0.1) is 24.0 Å². The van der Waals surface area contributed by atoms with Crippen molar-refractivity contribution in [3.05, 3.63) is 30.3 Å². The third kappa shape index (κ3) is 9.73. The SMILES string of the molecule is CN=C(NCCCCSC)NCCCS(=O)(=O)c1ccccc1.I. The van der Waals surface area contributed by atoms with E-state index < -0.39 is 9.84 Å². The Bertz CT molecular complexity index is 566. The molecule has 8 heteroatoms. The number of benzene rings is 1. The van der Waals surface area contributed by atoms with Crippen LogP contribution in [0.4, 0.5) is 0 Å². The van der Waals surface area contributed by atoms with Gasteiger partial charge in [0, 0.05) is 20.1 Å². The van der Waals surface area contributed by atoms with Crippen molar-refractivity contribution in [1.29, 1.82) is 0 Å². The van der Waals surface area contributed by atoms with E-state index in [2.05, 4.69) is 21.9 Å². The van der Waals surface area contributed by atoms with E-state index in [0.29, 0.717) is 17.9 Å². The molecule has 0 fully saturated rings. The number of hydrogen-bond acceptors (Lipinski definition) is 4. The molecule has 0 aliphatic carbocycles. The maximum atomic E-state index is 12.1. The molecule has 0 aromatic heterocycles. The van der Waals surface area contributed by atoms with Gasteiger partial charge in [0.25, 0.3) is 0 Å². The number of rotatable bonds is 10. The van der Waals surface area contributed by atoms with Crippen LogP contribution in [0.5, 0.6) is 0 Å². The highest BCUT2D eigenvalue weighted by molar-refractivity contribution is 14.0. The topological polar surface area (TPSA) is 70.6 Å². The molecular formula is C16H28IN3O2S2. The lowest BCUT2D eigenvalue weighted by atomic mass is 10.3. The number of sulfone groups is 1. The first-order valence-electron chi connectivity index (χ1n) is 7.81. The van der Waals surface area contributed by atoms with Gasteiger partial charge in [-0.1, -0.05) is 18.2 Å². The highest BCUT2D eigenvalue weighted by Crippen LogP contribution is 2.10. The summed E-state index contributed by atoms with van der Waals surface area (Å²) in [7, 11) is -1.47. The highest BCUT2D eigenvalue weighted by Gasteiger charge is 2.12. The minimum atomic E-state index is -3.19. The number of nitrogens with zero attached hydrogens (tertiary/aromatic N) is 1. The number of unbranched alkanes of at least 4 members (excludes halogenated alkanes) is 1. The van der Waals surface area contributed by atoms with E-state index in [9.17, 15) is 8.42 Å². The zero-order valence-corrected chi connectivity index (χ0v) is 18.3. The van der Waals surface area contributed by atoms with Crippen LogP contribution in [0.15, 0.2) is 40.2 Å². The monoisotopic (exact) mass is 485 g/mol. The third-order valence-electron chi connectivity index (χ3n) is 3.28. The Morgan fingerprint density at radius 3 is 2.29 bits per heavy atom. The average Bonchev–Trinajstić information content (AvgIpc) is 2.57. The number of aliphatic imine (C=N–C) groups is 1. The predicted octanol–water partition coefficient (Wildman–Crippen LogP) is 2.78. The summed E-state index contributed by atoms with van der Waals surface area (Å²) in [6, 6.07) is 8.58. The van der Waals surface area contributed by atoms with E-state index >= 15 is 0 Å². The second kappa shape index (κ2) is 13.8. The number of halogens is 1. The van der Waals surface area contributed by atoms with Crippen LogP contribution >= 0.6 is 35.7 Å². The van der Waals surface area contributed by atoms with Crippen LogP contribution < -0.4 is 10.6 Å². The van der Waals surface area contributed by atoms with Gasteiger partial charge in [-0.3, -0.25) is 4.99 Å². The van der Waals surface area contributed by atoms with Gasteiger partial charge in [0.2, 0.25) is 0 Å². The molecule has 1 aromatic rings. The molecule has 24 heavy (non-hydrogen) atoms. The molecule has 1 rings (SSSR count). The van der Waals surface area contributed by atoms with Gasteiger partial charge >= 0.3 is 0 Å². The molecule has 0 unspecified atom stereocenters. The van der Waals surface area contributed by atoms with E-state index in [4.69, 9.17) is 0 Å². The summed E-state index contributed by atoms with van der Waals surface area (Å²) >= 11 is 1.85. The largest absolute Gasteiger partial charge is 0.356 e. The van der Waals surface area contributed by atoms with E-state index in [1.165, 1.54) is 12.2 Å². The van der Waals surface area contributed by atoms with Crippen molar-refractivity contribution < 1.29 is 8.42 Å². The van der Waals surface area contributed by atoms with Gasteiger partial charge in [0.1, 0.15) is 0 Å². The Morgan fingerprint density at radius 1 is 1.08 bits per heavy atom. The Labute approximate surface area is 167 Å². The molecule has 138 valence electrons. The van der Waals surface area contributed by atoms with Crippen LogP contribution in [0.1, 0.15) is 19.3 Å². The predicted molar refractivity (Wildman–Crippen MR) is 116 cm³/mol. The number of guanidine groups is 1. The molecule has 2 N–H and O–H groups in total. The normalized spacial score (nSPS) is 11.7. The fourth-order valence-electron chi connectivity index (χ4n) is 2.01. The van der Waals surface area contributed by atoms with E-state index in [0.717, 1.165) is 18.9 Å². The average molecular weight is 485 g/mol. The lowest BCUT2D eigenvalue weighted by molar-refractivity contribution is 0.592. The summed E-state index contributed by atoms with van der Waals surface area (Å²) in [5.74, 6) is 2.03. The summed E-state index contributed by atoms with van der Waals surface area (Å²) in [5.41, 5.74) is 0. The molecule has 5 nitrogen and oxygen atoms in total. The summed E-state index contributed by atoms with van der Waals surface area (Å²) in [5, 5.41) is 6.39. The first-order chi connectivity index (χ1) is 11.1. The van der Waals surface area contributed by atoms with Gasteiger partial charge < -0.3 is 10.6 Å². The van der Waals surface area contributed by atoms with Crippen molar-refractivity contribution >= 4 is 51.5 Å². The summed E-state index contributed by atoms with van der Waals surface area (Å²) in [6.07, 6.45) is 4.94. The summed E-state index contributed by atoms with van der Waals surface area (Å²) in [4.78, 5) is 4.52. The zero-order chi connectivity index (χ0) is 17.0. The zero-order valence-electron chi connectivity index (χ0n) is 14.3. The standard InChI is InChI=1S/C16H27N3O2S2.HI/c1-17-16(18-11-6-7-13-22-2)19-12-8-14-23(20,21)15-9-4-3-5-10-15;/h3-5,9-10H,6-8,11-14H2,1-2H3,(H2,17,18,19);1H. The molecule has 1 aromatic carbocycles. The molecule has 0 atom stereocenters. The quantitative estimate of drug-likeness (QED) is 0.231. The molecule has 0 saturated heterocycles. The summed E-state index contributed by atoms with van der Waals surface area (Å²) in [6.45, 7) is 1.46. The summed E-state index contributed by atoms with van der Waals surface area (Å²) < 4.78 is 24.3. The van der Waals surface area contributed by atoms with Crippen molar-refractivity contribution in [2.45, 2.75) is 24.2 Å². The van der Waals surface area contributed by atoms with Crippen LogP contribution in [0.2, 0.25) is 0 Å². The van der Waals surface area contributed by atoms with E-state index in [-0.39, 0.29) is 29.7 Å². The molecule has 0 saturated carbocycles. The lowest BCUT2D eigenvalue weighted by Gasteiger charge is -2.11. The van der Waals surface area contributed by atoms with Crippen molar-refractivity contribution in [2.24, 2.45) is 4.99 Å². The highest BCUT2D eigenvalue weighted by atomic mass is 127. The van der Waals surface area contributed by atoms with Gasteiger partial charge in [-0.05, 0) is 43.4 Å². The van der Waals surface area contributed by atoms with Gasteiger partial charge in [0.15, 0.2) is 15.8 Å². The molecule has 0 aliphatic rings. The Balaban J connectivity index is 0.00000529. The number of nitrogens with one attached hydrogen (secondary N) is 2. The van der Waals surface area contributed by atoms with Crippen LogP contribution in [0.25, 0.3) is 0 Å². The van der Waals surface area contributed by atoms with E-state index in [1.54, 1.807) is 31.3 Å².